The molecule has 0 unspecified atom stereocenters. The van der Waals surface area contributed by atoms with E-state index in [1.165, 1.54) is 18.2 Å². The standard InChI is InChI=1S/C16H15Cl2NO5/c1-8(2)7-19-14(20)11-5-9-3-4-10(23-16(22)13(17)18)6-12(9)24-15(11)21/h3-6,8,13H,7H2,1-2H3,(H,19,20). The number of rotatable bonds is 5. The number of benzene rings is 1. The lowest BCUT2D eigenvalue weighted by Crippen LogP contribution is -2.31. The molecule has 6 nitrogen and oxygen atoms in total. The van der Waals surface area contributed by atoms with E-state index in [1.807, 2.05) is 13.8 Å². The zero-order valence-electron chi connectivity index (χ0n) is 13.0. The molecule has 1 aromatic heterocycles. The Balaban J connectivity index is 2.30. The van der Waals surface area contributed by atoms with Crippen molar-refractivity contribution in [2.45, 2.75) is 18.7 Å². The van der Waals surface area contributed by atoms with Gasteiger partial charge in [0.05, 0.1) is 0 Å². The molecule has 0 saturated carbocycles. The fourth-order valence-corrected chi connectivity index (χ4v) is 1.96. The third kappa shape index (κ3) is 4.49. The number of nitrogens with one attached hydrogen (secondary N) is 1. The van der Waals surface area contributed by atoms with Gasteiger partial charge in [-0.3, -0.25) is 4.79 Å². The summed E-state index contributed by atoms with van der Waals surface area (Å²) in [5.74, 6) is -0.961. The minimum Gasteiger partial charge on any atom is -0.424 e. The van der Waals surface area contributed by atoms with Gasteiger partial charge in [-0.1, -0.05) is 37.0 Å². The van der Waals surface area contributed by atoms with Crippen LogP contribution >= 0.6 is 23.2 Å². The summed E-state index contributed by atoms with van der Waals surface area (Å²) in [5.41, 5.74) is -0.694. The number of hydrogen-bond acceptors (Lipinski definition) is 5. The summed E-state index contributed by atoms with van der Waals surface area (Å²) in [6, 6.07) is 5.80. The fraction of sp³-hybridized carbons (Fsp3) is 0.312. The van der Waals surface area contributed by atoms with Gasteiger partial charge >= 0.3 is 11.6 Å². The van der Waals surface area contributed by atoms with Crippen LogP contribution in [0, 0.1) is 5.92 Å². The molecule has 0 aliphatic heterocycles. The number of ether oxygens (including phenoxy) is 1. The van der Waals surface area contributed by atoms with Crippen molar-refractivity contribution in [1.29, 1.82) is 0 Å². The Morgan fingerprint density at radius 3 is 2.58 bits per heavy atom. The van der Waals surface area contributed by atoms with Crippen LogP contribution in [-0.4, -0.2) is 23.3 Å². The first kappa shape index (κ1) is 18.3. The average molecular weight is 372 g/mol. The maximum absolute atomic E-state index is 12.0. The van der Waals surface area contributed by atoms with Crippen LogP contribution in [0.1, 0.15) is 24.2 Å². The summed E-state index contributed by atoms with van der Waals surface area (Å²) < 4.78 is 10.1. The van der Waals surface area contributed by atoms with E-state index in [0.29, 0.717) is 11.9 Å². The molecule has 2 rings (SSSR count). The Morgan fingerprint density at radius 1 is 1.25 bits per heavy atom. The third-order valence-electron chi connectivity index (χ3n) is 3.02. The molecule has 0 fully saturated rings. The lowest BCUT2D eigenvalue weighted by Gasteiger charge is -2.08. The lowest BCUT2D eigenvalue weighted by atomic mass is 10.1. The zero-order chi connectivity index (χ0) is 17.9. The Hall–Kier alpha value is -2.05. The molecule has 2 aromatic rings. The van der Waals surface area contributed by atoms with Crippen molar-refractivity contribution in [3.8, 4) is 5.75 Å². The van der Waals surface area contributed by atoms with Crippen LogP contribution < -0.4 is 15.7 Å². The van der Waals surface area contributed by atoms with Gasteiger partial charge in [0.25, 0.3) is 5.91 Å². The van der Waals surface area contributed by atoms with Gasteiger partial charge in [-0.15, -0.1) is 0 Å². The van der Waals surface area contributed by atoms with Crippen LogP contribution in [0.5, 0.6) is 5.75 Å². The molecular formula is C16H15Cl2NO5. The molecule has 0 saturated heterocycles. The van der Waals surface area contributed by atoms with Crippen molar-refractivity contribution in [3.05, 3.63) is 40.2 Å². The van der Waals surface area contributed by atoms with Crippen molar-refractivity contribution in [3.63, 3.8) is 0 Å². The van der Waals surface area contributed by atoms with Crippen molar-refractivity contribution < 1.29 is 18.7 Å². The first-order valence-corrected chi connectivity index (χ1v) is 8.01. The Bertz CT molecular complexity index is 829. The molecule has 1 amide bonds. The van der Waals surface area contributed by atoms with E-state index < -0.39 is 22.3 Å². The molecule has 8 heteroatoms. The smallest absolute Gasteiger partial charge is 0.349 e. The second-order valence-corrected chi connectivity index (χ2v) is 6.57. The van der Waals surface area contributed by atoms with Crippen LogP contribution in [0.4, 0.5) is 0 Å². The van der Waals surface area contributed by atoms with Crippen molar-refractivity contribution in [2.75, 3.05) is 6.54 Å². The maximum atomic E-state index is 12.0. The molecule has 1 N–H and O–H groups in total. The summed E-state index contributed by atoms with van der Waals surface area (Å²) >= 11 is 10.8. The number of fused-ring (bicyclic) bond motifs is 1. The highest BCUT2D eigenvalue weighted by Gasteiger charge is 2.16. The van der Waals surface area contributed by atoms with Crippen LogP contribution in [-0.2, 0) is 4.79 Å². The monoisotopic (exact) mass is 371 g/mol. The van der Waals surface area contributed by atoms with Gasteiger partial charge in [-0.2, -0.15) is 0 Å². The zero-order valence-corrected chi connectivity index (χ0v) is 14.5. The van der Waals surface area contributed by atoms with Crippen LogP contribution in [0.3, 0.4) is 0 Å². The quantitative estimate of drug-likeness (QED) is 0.378. The second kappa shape index (κ2) is 7.68. The summed E-state index contributed by atoms with van der Waals surface area (Å²) in [5, 5.41) is 3.17. The van der Waals surface area contributed by atoms with Crippen LogP contribution in [0.15, 0.2) is 33.5 Å². The highest BCUT2D eigenvalue weighted by molar-refractivity contribution is 6.53. The van der Waals surface area contributed by atoms with E-state index in [1.54, 1.807) is 6.07 Å². The van der Waals surface area contributed by atoms with Gasteiger partial charge in [-0.05, 0) is 24.1 Å². The van der Waals surface area contributed by atoms with Crippen LogP contribution in [0.25, 0.3) is 11.0 Å². The van der Waals surface area contributed by atoms with Gasteiger partial charge in [0.1, 0.15) is 16.9 Å². The van der Waals surface area contributed by atoms with Crippen molar-refractivity contribution in [2.24, 2.45) is 5.92 Å². The van der Waals surface area contributed by atoms with Crippen molar-refractivity contribution in [1.82, 2.24) is 5.32 Å². The van der Waals surface area contributed by atoms with E-state index in [4.69, 9.17) is 32.4 Å². The normalized spacial score (nSPS) is 11.1. The minimum absolute atomic E-state index is 0.0884. The highest BCUT2D eigenvalue weighted by Crippen LogP contribution is 2.21. The number of amides is 1. The minimum atomic E-state index is -1.32. The number of esters is 1. The molecule has 0 spiro atoms. The van der Waals surface area contributed by atoms with Gasteiger partial charge < -0.3 is 14.5 Å². The number of hydrogen-bond donors (Lipinski definition) is 1. The highest BCUT2D eigenvalue weighted by atomic mass is 35.5. The average Bonchev–Trinajstić information content (AvgIpc) is 2.51. The summed E-state index contributed by atoms with van der Waals surface area (Å²) in [4.78, 5) is 34.0. The molecule has 0 aliphatic rings. The summed E-state index contributed by atoms with van der Waals surface area (Å²) in [6.45, 7) is 4.33. The number of alkyl halides is 2. The predicted molar refractivity (Wildman–Crippen MR) is 90.8 cm³/mol. The van der Waals surface area contributed by atoms with Gasteiger partial charge in [-0.25, -0.2) is 9.59 Å². The van der Waals surface area contributed by atoms with Crippen LogP contribution in [0.2, 0.25) is 0 Å². The molecule has 1 heterocycles. The SMILES string of the molecule is CC(C)CNC(=O)c1cc2ccc(OC(=O)C(Cl)Cl)cc2oc1=O. The van der Waals surface area contributed by atoms with E-state index in [0.717, 1.165) is 0 Å². The second-order valence-electron chi connectivity index (χ2n) is 5.47. The maximum Gasteiger partial charge on any atom is 0.349 e. The third-order valence-corrected chi connectivity index (χ3v) is 3.38. The number of halogens is 2. The Labute approximate surface area is 147 Å². The number of carbonyl (C=O) groups is 2. The lowest BCUT2D eigenvalue weighted by molar-refractivity contribution is -0.132. The summed E-state index contributed by atoms with van der Waals surface area (Å²) in [7, 11) is 0. The first-order valence-electron chi connectivity index (χ1n) is 7.14. The molecule has 24 heavy (non-hydrogen) atoms. The van der Waals surface area contributed by atoms with Gasteiger partial charge in [0.15, 0.2) is 0 Å². The molecule has 0 aliphatic carbocycles. The largest absolute Gasteiger partial charge is 0.424 e. The van der Waals surface area contributed by atoms with E-state index >= 15 is 0 Å². The molecule has 0 bridgehead atoms. The molecule has 128 valence electrons. The number of carbonyl (C=O) groups excluding carboxylic acids is 2. The fourth-order valence-electron chi connectivity index (χ4n) is 1.87. The van der Waals surface area contributed by atoms with Gasteiger partial charge in [0.2, 0.25) is 4.84 Å². The van der Waals surface area contributed by atoms with Crippen molar-refractivity contribution >= 4 is 46.0 Å². The topological polar surface area (TPSA) is 85.6 Å². The molecular weight excluding hydrogens is 357 g/mol. The van der Waals surface area contributed by atoms with E-state index in [9.17, 15) is 14.4 Å². The van der Waals surface area contributed by atoms with Gasteiger partial charge in [0, 0.05) is 18.0 Å². The Morgan fingerprint density at radius 2 is 1.96 bits per heavy atom. The summed E-state index contributed by atoms with van der Waals surface area (Å²) in [6.07, 6.45) is 0. The Kier molecular flexibility index (Phi) is 5.85. The molecule has 1 aromatic carbocycles. The van der Waals surface area contributed by atoms with E-state index in [2.05, 4.69) is 5.32 Å². The molecule has 0 radical (unpaired) electrons. The molecule has 0 atom stereocenters. The first-order chi connectivity index (χ1) is 11.3. The van der Waals surface area contributed by atoms with E-state index in [-0.39, 0.29) is 22.8 Å². The predicted octanol–water partition coefficient (Wildman–Crippen LogP) is 2.89.